The van der Waals surface area contributed by atoms with Gasteiger partial charge in [-0.1, -0.05) is 12.1 Å². The Morgan fingerprint density at radius 1 is 1.21 bits per heavy atom. The van der Waals surface area contributed by atoms with Crippen molar-refractivity contribution in [2.45, 2.75) is 0 Å². The van der Waals surface area contributed by atoms with E-state index >= 15 is 0 Å². The molecule has 1 N–H and O–H groups in total. The summed E-state index contributed by atoms with van der Waals surface area (Å²) in [6.07, 6.45) is 1.45. The molecule has 0 aliphatic heterocycles. The van der Waals surface area contributed by atoms with Crippen molar-refractivity contribution in [2.75, 3.05) is 0 Å². The summed E-state index contributed by atoms with van der Waals surface area (Å²) < 4.78 is 0. The van der Waals surface area contributed by atoms with E-state index in [1.807, 2.05) is 0 Å². The molecule has 0 saturated carbocycles. The van der Waals surface area contributed by atoms with E-state index in [0.29, 0.717) is 11.3 Å². The number of phenolic OH excluding ortho intramolecular Hbond substituents is 1. The fourth-order valence-corrected chi connectivity index (χ4v) is 1.24. The van der Waals surface area contributed by atoms with Crippen molar-refractivity contribution in [3.8, 4) is 17.0 Å². The second-order valence-corrected chi connectivity index (χ2v) is 2.97. The van der Waals surface area contributed by atoms with Crippen LogP contribution in [-0.4, -0.2) is 20.3 Å². The van der Waals surface area contributed by atoms with Gasteiger partial charge in [0, 0.05) is 5.56 Å². The van der Waals surface area contributed by atoms with Crippen LogP contribution in [0.5, 0.6) is 5.75 Å². The molecule has 5 heteroatoms. The predicted molar refractivity (Wildman–Crippen MR) is 51.9 cm³/mol. The fraction of sp³-hybridized carbons (Fsp3) is 0. The maximum Gasteiger partial charge on any atom is 0.243 e. The van der Waals surface area contributed by atoms with Gasteiger partial charge < -0.3 is 5.11 Å². The van der Waals surface area contributed by atoms with Crippen LogP contribution in [0, 0.1) is 0 Å². The van der Waals surface area contributed by atoms with Crippen LogP contribution < -0.4 is 0 Å². The van der Waals surface area contributed by atoms with Gasteiger partial charge in [-0.3, -0.25) is 0 Å². The first kappa shape index (κ1) is 8.90. The van der Waals surface area contributed by atoms with Crippen molar-refractivity contribution in [2.24, 2.45) is 0 Å². The van der Waals surface area contributed by atoms with Crippen molar-refractivity contribution in [1.29, 1.82) is 0 Å². The van der Waals surface area contributed by atoms with Gasteiger partial charge in [-0.05, 0) is 23.7 Å². The molecule has 1 heterocycles. The van der Waals surface area contributed by atoms with Gasteiger partial charge in [0.25, 0.3) is 0 Å². The minimum Gasteiger partial charge on any atom is -0.507 e. The minimum absolute atomic E-state index is 0.0609. The molecule has 0 spiro atoms. The lowest BCUT2D eigenvalue weighted by Crippen LogP contribution is -1.90. The van der Waals surface area contributed by atoms with Crippen LogP contribution in [0.3, 0.4) is 0 Å². The highest BCUT2D eigenvalue weighted by Crippen LogP contribution is 2.26. The summed E-state index contributed by atoms with van der Waals surface area (Å²) in [7, 11) is 0. The van der Waals surface area contributed by atoms with Crippen LogP contribution in [0.1, 0.15) is 0 Å². The van der Waals surface area contributed by atoms with Gasteiger partial charge in [0.2, 0.25) is 5.28 Å². The maximum absolute atomic E-state index is 9.52. The average Bonchev–Trinajstić information content (AvgIpc) is 2.18. The van der Waals surface area contributed by atoms with Crippen LogP contribution in [0.15, 0.2) is 30.5 Å². The number of nitrogens with zero attached hydrogens (tertiary/aromatic N) is 3. The van der Waals surface area contributed by atoms with Gasteiger partial charge in [-0.2, -0.15) is 5.10 Å². The predicted octanol–water partition coefficient (Wildman–Crippen LogP) is 1.90. The third kappa shape index (κ3) is 1.65. The zero-order chi connectivity index (χ0) is 9.97. The molecule has 14 heavy (non-hydrogen) atoms. The lowest BCUT2D eigenvalue weighted by atomic mass is 10.1. The van der Waals surface area contributed by atoms with E-state index in [9.17, 15) is 5.11 Å². The largest absolute Gasteiger partial charge is 0.507 e. The molecule has 0 fully saturated rings. The Kier molecular flexibility index (Phi) is 2.28. The van der Waals surface area contributed by atoms with E-state index in [4.69, 9.17) is 11.6 Å². The zero-order valence-electron chi connectivity index (χ0n) is 7.05. The molecule has 0 atom stereocenters. The number of hydrogen-bond acceptors (Lipinski definition) is 4. The smallest absolute Gasteiger partial charge is 0.243 e. The van der Waals surface area contributed by atoms with E-state index in [2.05, 4.69) is 15.2 Å². The van der Waals surface area contributed by atoms with Crippen molar-refractivity contribution >= 4 is 11.6 Å². The summed E-state index contributed by atoms with van der Waals surface area (Å²) in [5.74, 6) is 0.143. The van der Waals surface area contributed by atoms with E-state index in [1.165, 1.54) is 6.20 Å². The van der Waals surface area contributed by atoms with Crippen molar-refractivity contribution in [1.82, 2.24) is 15.2 Å². The summed E-state index contributed by atoms with van der Waals surface area (Å²) in [4.78, 5) is 3.94. The van der Waals surface area contributed by atoms with Crippen LogP contribution in [0.4, 0.5) is 0 Å². The Bertz CT molecular complexity index is 461. The second kappa shape index (κ2) is 3.59. The molecule has 0 amide bonds. The maximum atomic E-state index is 9.52. The summed E-state index contributed by atoms with van der Waals surface area (Å²) >= 11 is 5.58. The first-order valence-electron chi connectivity index (χ1n) is 3.91. The highest BCUT2D eigenvalue weighted by molar-refractivity contribution is 6.28. The van der Waals surface area contributed by atoms with Gasteiger partial charge in [0.15, 0.2) is 0 Å². The molecule has 2 aromatic rings. The molecule has 0 unspecified atom stereocenters. The van der Waals surface area contributed by atoms with E-state index < -0.39 is 0 Å². The number of aromatic hydroxyl groups is 1. The topological polar surface area (TPSA) is 58.9 Å². The van der Waals surface area contributed by atoms with Gasteiger partial charge in [-0.15, -0.1) is 5.10 Å². The molecule has 2 rings (SSSR count). The fourth-order valence-electron chi connectivity index (χ4n) is 1.10. The molecule has 0 saturated heterocycles. The normalized spacial score (nSPS) is 10.1. The zero-order valence-corrected chi connectivity index (χ0v) is 7.81. The molecular weight excluding hydrogens is 202 g/mol. The van der Waals surface area contributed by atoms with E-state index in [1.54, 1.807) is 24.3 Å². The number of phenols is 1. The first-order chi connectivity index (χ1) is 6.77. The van der Waals surface area contributed by atoms with Crippen LogP contribution in [0.25, 0.3) is 11.3 Å². The van der Waals surface area contributed by atoms with Gasteiger partial charge in [-0.25, -0.2) is 4.98 Å². The third-order valence-electron chi connectivity index (χ3n) is 1.71. The molecule has 0 aliphatic carbocycles. The molecule has 4 nitrogen and oxygen atoms in total. The van der Waals surface area contributed by atoms with Gasteiger partial charge >= 0.3 is 0 Å². The van der Waals surface area contributed by atoms with Crippen LogP contribution in [-0.2, 0) is 0 Å². The van der Waals surface area contributed by atoms with E-state index in [-0.39, 0.29) is 11.0 Å². The highest BCUT2D eigenvalue weighted by Gasteiger charge is 2.05. The minimum atomic E-state index is 0.0609. The third-order valence-corrected chi connectivity index (χ3v) is 1.87. The van der Waals surface area contributed by atoms with Crippen molar-refractivity contribution < 1.29 is 5.11 Å². The summed E-state index contributed by atoms with van der Waals surface area (Å²) in [5, 5.41) is 16.7. The standard InChI is InChI=1S/C9H6ClN3O/c10-9-12-7(5-11-13-9)6-3-1-2-4-8(6)14/h1-5,14H. The van der Waals surface area contributed by atoms with Gasteiger partial charge in [0.1, 0.15) is 5.75 Å². The average molecular weight is 208 g/mol. The molecule has 0 radical (unpaired) electrons. The molecule has 70 valence electrons. The quantitative estimate of drug-likeness (QED) is 0.776. The number of para-hydroxylation sites is 1. The number of aromatic nitrogens is 3. The molecule has 1 aromatic carbocycles. The van der Waals surface area contributed by atoms with Gasteiger partial charge in [0.05, 0.1) is 11.9 Å². The SMILES string of the molecule is Oc1ccccc1-c1cnnc(Cl)n1. The Labute approximate surface area is 85.2 Å². The number of hydrogen-bond donors (Lipinski definition) is 1. The highest BCUT2D eigenvalue weighted by atomic mass is 35.5. The monoisotopic (exact) mass is 207 g/mol. The van der Waals surface area contributed by atoms with Crippen molar-refractivity contribution in [3.05, 3.63) is 35.7 Å². The van der Waals surface area contributed by atoms with E-state index in [0.717, 1.165) is 0 Å². The van der Waals surface area contributed by atoms with Crippen LogP contribution >= 0.6 is 11.6 Å². The number of halogens is 1. The number of rotatable bonds is 1. The van der Waals surface area contributed by atoms with Crippen LogP contribution in [0.2, 0.25) is 5.28 Å². The Balaban J connectivity index is 2.55. The van der Waals surface area contributed by atoms with Crippen molar-refractivity contribution in [3.63, 3.8) is 0 Å². The lowest BCUT2D eigenvalue weighted by molar-refractivity contribution is 0.477. The molecule has 0 bridgehead atoms. The first-order valence-corrected chi connectivity index (χ1v) is 4.29. The summed E-state index contributed by atoms with van der Waals surface area (Å²) in [6.45, 7) is 0. The molecule has 0 aliphatic rings. The Morgan fingerprint density at radius 2 is 2.00 bits per heavy atom. The summed E-state index contributed by atoms with van der Waals surface area (Å²) in [5.41, 5.74) is 1.09. The summed E-state index contributed by atoms with van der Waals surface area (Å²) in [6, 6.07) is 6.83. The molecule has 1 aromatic heterocycles. The molecular formula is C9H6ClN3O. The Hall–Kier alpha value is -1.68. The number of benzene rings is 1. The lowest BCUT2D eigenvalue weighted by Gasteiger charge is -2.01. The second-order valence-electron chi connectivity index (χ2n) is 2.63. The Morgan fingerprint density at radius 3 is 2.71 bits per heavy atom.